The van der Waals surface area contributed by atoms with Gasteiger partial charge in [-0.1, -0.05) is 29.3 Å². The maximum Gasteiger partial charge on any atom is 0.410 e. The molecular formula is C18H24Cl2N2O3. The summed E-state index contributed by atoms with van der Waals surface area (Å²) >= 11 is 12.2. The second kappa shape index (κ2) is 8.28. The fourth-order valence-corrected chi connectivity index (χ4v) is 3.24. The summed E-state index contributed by atoms with van der Waals surface area (Å²) < 4.78 is 5.39. The highest BCUT2D eigenvalue weighted by Crippen LogP contribution is 2.24. The Kier molecular flexibility index (Phi) is 6.58. The van der Waals surface area contributed by atoms with Crippen LogP contribution in [-0.2, 0) is 16.1 Å². The molecule has 25 heavy (non-hydrogen) atoms. The van der Waals surface area contributed by atoms with Gasteiger partial charge >= 0.3 is 6.09 Å². The number of piperidine rings is 1. The molecule has 1 heterocycles. The van der Waals surface area contributed by atoms with E-state index in [1.807, 2.05) is 20.8 Å². The molecule has 1 atom stereocenters. The van der Waals surface area contributed by atoms with Crippen LogP contribution in [0.4, 0.5) is 4.79 Å². The molecule has 2 rings (SSSR count). The lowest BCUT2D eigenvalue weighted by atomic mass is 9.97. The van der Waals surface area contributed by atoms with Crippen LogP contribution in [-0.4, -0.2) is 35.6 Å². The molecule has 1 fully saturated rings. The van der Waals surface area contributed by atoms with Gasteiger partial charge in [-0.05, 0) is 45.7 Å². The maximum absolute atomic E-state index is 12.5. The molecular weight excluding hydrogens is 363 g/mol. The molecule has 1 aromatic rings. The number of amides is 2. The molecule has 1 aromatic carbocycles. The lowest BCUT2D eigenvalue weighted by molar-refractivity contribution is -0.126. The van der Waals surface area contributed by atoms with E-state index in [4.69, 9.17) is 27.9 Å². The van der Waals surface area contributed by atoms with Crippen LogP contribution in [0.15, 0.2) is 18.2 Å². The van der Waals surface area contributed by atoms with Gasteiger partial charge in [0.25, 0.3) is 0 Å². The van der Waals surface area contributed by atoms with Crippen molar-refractivity contribution in [2.45, 2.75) is 45.8 Å². The van der Waals surface area contributed by atoms with E-state index in [1.54, 1.807) is 23.1 Å². The van der Waals surface area contributed by atoms with Gasteiger partial charge in [-0.3, -0.25) is 4.79 Å². The van der Waals surface area contributed by atoms with E-state index in [1.165, 1.54) is 0 Å². The number of rotatable bonds is 3. The van der Waals surface area contributed by atoms with Crippen LogP contribution in [0, 0.1) is 5.92 Å². The summed E-state index contributed by atoms with van der Waals surface area (Å²) in [5.74, 6) is -0.369. The number of carbonyl (C=O) groups excluding carboxylic acids is 2. The first-order valence-electron chi connectivity index (χ1n) is 8.36. The molecule has 5 nitrogen and oxygen atoms in total. The van der Waals surface area contributed by atoms with E-state index in [0.29, 0.717) is 28.7 Å². The van der Waals surface area contributed by atoms with E-state index >= 15 is 0 Å². The van der Waals surface area contributed by atoms with Crippen molar-refractivity contribution in [1.29, 1.82) is 0 Å². The molecule has 138 valence electrons. The number of halogens is 2. The number of hydrogen-bond donors (Lipinski definition) is 1. The number of likely N-dealkylation sites (tertiary alicyclic amines) is 1. The van der Waals surface area contributed by atoms with E-state index in [2.05, 4.69) is 5.32 Å². The van der Waals surface area contributed by atoms with Gasteiger partial charge < -0.3 is 15.0 Å². The molecule has 0 saturated carbocycles. The SMILES string of the molecule is CC(C)(C)OC(=O)N1CCC[C@H](C(=O)NCc2c(Cl)cccc2Cl)C1. The number of carbonyl (C=O) groups is 2. The third kappa shape index (κ3) is 5.79. The average Bonchev–Trinajstić information content (AvgIpc) is 2.52. The second-order valence-electron chi connectivity index (χ2n) is 7.18. The van der Waals surface area contributed by atoms with Gasteiger partial charge in [-0.2, -0.15) is 0 Å². The summed E-state index contributed by atoms with van der Waals surface area (Å²) in [4.78, 5) is 26.3. The molecule has 1 aliphatic heterocycles. The predicted molar refractivity (Wildman–Crippen MR) is 98.8 cm³/mol. The van der Waals surface area contributed by atoms with Crippen LogP contribution < -0.4 is 5.32 Å². The highest BCUT2D eigenvalue weighted by Gasteiger charge is 2.31. The van der Waals surface area contributed by atoms with Gasteiger partial charge in [0.15, 0.2) is 0 Å². The zero-order chi connectivity index (χ0) is 18.6. The van der Waals surface area contributed by atoms with Gasteiger partial charge in [0.05, 0.1) is 5.92 Å². The Balaban J connectivity index is 1.92. The minimum Gasteiger partial charge on any atom is -0.444 e. The Morgan fingerprint density at radius 3 is 2.52 bits per heavy atom. The van der Waals surface area contributed by atoms with Crippen LogP contribution in [0.1, 0.15) is 39.2 Å². The summed E-state index contributed by atoms with van der Waals surface area (Å²) in [5, 5.41) is 3.91. The maximum atomic E-state index is 12.5. The first kappa shape index (κ1) is 19.9. The van der Waals surface area contributed by atoms with Crippen LogP contribution in [0.3, 0.4) is 0 Å². The molecule has 0 unspecified atom stereocenters. The summed E-state index contributed by atoms with van der Waals surface area (Å²) in [6.45, 7) is 6.71. The predicted octanol–water partition coefficient (Wildman–Crippen LogP) is 4.26. The van der Waals surface area contributed by atoms with Crippen LogP contribution in [0.2, 0.25) is 10.0 Å². The first-order chi connectivity index (χ1) is 11.7. The summed E-state index contributed by atoms with van der Waals surface area (Å²) in [5.41, 5.74) is 0.145. The Hall–Kier alpha value is -1.46. The van der Waals surface area contributed by atoms with Crippen LogP contribution in [0.5, 0.6) is 0 Å². The van der Waals surface area contributed by atoms with Gasteiger partial charge in [0.1, 0.15) is 5.60 Å². The Morgan fingerprint density at radius 1 is 1.28 bits per heavy atom. The van der Waals surface area contributed by atoms with Crippen molar-refractivity contribution in [3.8, 4) is 0 Å². The van der Waals surface area contributed by atoms with Crippen LogP contribution in [0.25, 0.3) is 0 Å². The molecule has 0 aromatic heterocycles. The quantitative estimate of drug-likeness (QED) is 0.843. The molecule has 2 amide bonds. The normalized spacial score (nSPS) is 18.0. The third-order valence-electron chi connectivity index (χ3n) is 3.94. The molecule has 0 aliphatic carbocycles. The van der Waals surface area contributed by atoms with Crippen molar-refractivity contribution < 1.29 is 14.3 Å². The zero-order valence-electron chi connectivity index (χ0n) is 14.8. The smallest absolute Gasteiger partial charge is 0.410 e. The fourth-order valence-electron chi connectivity index (χ4n) is 2.70. The molecule has 0 bridgehead atoms. The monoisotopic (exact) mass is 386 g/mol. The molecule has 0 spiro atoms. The lowest BCUT2D eigenvalue weighted by Gasteiger charge is -2.33. The molecule has 1 aliphatic rings. The number of benzene rings is 1. The topological polar surface area (TPSA) is 58.6 Å². The third-order valence-corrected chi connectivity index (χ3v) is 4.65. The molecule has 7 heteroatoms. The van der Waals surface area contributed by atoms with E-state index in [9.17, 15) is 9.59 Å². The summed E-state index contributed by atoms with van der Waals surface area (Å²) in [6, 6.07) is 5.23. The number of ether oxygens (including phenoxy) is 1. The minimum absolute atomic E-state index is 0.107. The number of nitrogens with zero attached hydrogens (tertiary/aromatic N) is 1. The van der Waals surface area contributed by atoms with E-state index in [0.717, 1.165) is 12.8 Å². The van der Waals surface area contributed by atoms with Gasteiger partial charge in [0.2, 0.25) is 5.91 Å². The lowest BCUT2D eigenvalue weighted by Crippen LogP contribution is -2.46. The van der Waals surface area contributed by atoms with Gasteiger partial charge in [-0.25, -0.2) is 4.79 Å². The van der Waals surface area contributed by atoms with Crippen molar-refractivity contribution in [3.05, 3.63) is 33.8 Å². The Labute approximate surface area is 158 Å². The van der Waals surface area contributed by atoms with Gasteiger partial charge in [-0.15, -0.1) is 0 Å². The number of nitrogens with one attached hydrogen (secondary N) is 1. The van der Waals surface area contributed by atoms with Gasteiger partial charge in [0, 0.05) is 35.2 Å². The summed E-state index contributed by atoms with van der Waals surface area (Å²) in [7, 11) is 0. The van der Waals surface area contributed by atoms with Crippen molar-refractivity contribution in [1.82, 2.24) is 10.2 Å². The first-order valence-corrected chi connectivity index (χ1v) is 9.11. The van der Waals surface area contributed by atoms with Crippen LogP contribution >= 0.6 is 23.2 Å². The highest BCUT2D eigenvalue weighted by molar-refractivity contribution is 6.36. The highest BCUT2D eigenvalue weighted by atomic mass is 35.5. The average molecular weight is 387 g/mol. The van der Waals surface area contributed by atoms with Crippen molar-refractivity contribution in [2.75, 3.05) is 13.1 Å². The van der Waals surface area contributed by atoms with E-state index in [-0.39, 0.29) is 24.5 Å². The van der Waals surface area contributed by atoms with Crippen molar-refractivity contribution in [3.63, 3.8) is 0 Å². The molecule has 1 N–H and O–H groups in total. The molecule has 0 radical (unpaired) electrons. The van der Waals surface area contributed by atoms with E-state index < -0.39 is 5.60 Å². The summed E-state index contributed by atoms with van der Waals surface area (Å²) in [6.07, 6.45) is 1.13. The second-order valence-corrected chi connectivity index (χ2v) is 8.00. The van der Waals surface area contributed by atoms with Crippen molar-refractivity contribution in [2.24, 2.45) is 5.92 Å². The Bertz CT molecular complexity index is 623. The molecule has 1 saturated heterocycles. The Morgan fingerprint density at radius 2 is 1.92 bits per heavy atom. The van der Waals surface area contributed by atoms with Crippen molar-refractivity contribution >= 4 is 35.2 Å². The minimum atomic E-state index is -0.549. The largest absolute Gasteiger partial charge is 0.444 e. The fraction of sp³-hybridized carbons (Fsp3) is 0.556. The number of hydrogen-bond acceptors (Lipinski definition) is 3. The standard InChI is InChI=1S/C18H24Cl2N2O3/c1-18(2,3)25-17(24)22-9-5-6-12(11-22)16(23)21-10-13-14(19)7-4-8-15(13)20/h4,7-8,12H,5-6,9-11H2,1-3H3,(H,21,23)/t12-/m0/s1. The zero-order valence-corrected chi connectivity index (χ0v) is 16.3.